The molecule has 1 aliphatic carbocycles. The van der Waals surface area contributed by atoms with Gasteiger partial charge in [-0.1, -0.05) is 19.8 Å². The van der Waals surface area contributed by atoms with Gasteiger partial charge in [-0.2, -0.15) is 0 Å². The van der Waals surface area contributed by atoms with Crippen molar-refractivity contribution in [2.45, 2.75) is 64.1 Å². The van der Waals surface area contributed by atoms with Crippen LogP contribution in [0.1, 0.15) is 51.9 Å². The highest BCUT2D eigenvalue weighted by Crippen LogP contribution is 2.28. The number of alkyl halides is 1. The van der Waals surface area contributed by atoms with E-state index in [4.69, 9.17) is 5.21 Å². The van der Waals surface area contributed by atoms with Gasteiger partial charge in [0.1, 0.15) is 6.04 Å². The van der Waals surface area contributed by atoms with Gasteiger partial charge in [-0.25, -0.2) is 9.87 Å². The maximum atomic E-state index is 14.4. The largest absolute Gasteiger partial charge is 0.354 e. The van der Waals surface area contributed by atoms with Crippen LogP contribution in [0.4, 0.5) is 4.39 Å². The van der Waals surface area contributed by atoms with Crippen LogP contribution in [0.15, 0.2) is 0 Å². The van der Waals surface area contributed by atoms with Crippen LogP contribution in [0, 0.1) is 11.8 Å². The second-order valence-electron chi connectivity index (χ2n) is 7.00. The number of hydroxylamine groups is 1. The third-order valence-electron chi connectivity index (χ3n) is 5.00. The fourth-order valence-electron chi connectivity index (χ4n) is 3.26. The Bertz CT molecular complexity index is 498. The molecule has 0 aromatic carbocycles. The molecule has 142 valence electrons. The van der Waals surface area contributed by atoms with E-state index in [1.54, 1.807) is 0 Å². The van der Waals surface area contributed by atoms with Gasteiger partial charge in [0, 0.05) is 13.1 Å². The van der Waals surface area contributed by atoms with Crippen LogP contribution in [0.25, 0.3) is 0 Å². The van der Waals surface area contributed by atoms with Crippen molar-refractivity contribution < 1.29 is 24.0 Å². The summed E-state index contributed by atoms with van der Waals surface area (Å²) in [5.41, 5.74) is 1.28. The summed E-state index contributed by atoms with van der Waals surface area (Å²) in [6.45, 7) is 2.91. The van der Waals surface area contributed by atoms with Gasteiger partial charge in [0.05, 0.1) is 5.92 Å². The third kappa shape index (κ3) is 5.14. The summed E-state index contributed by atoms with van der Waals surface area (Å²) in [6.07, 6.45) is 2.88. The van der Waals surface area contributed by atoms with E-state index < -0.39 is 29.9 Å². The molecule has 1 aliphatic heterocycles. The molecule has 3 unspecified atom stereocenters. The first kappa shape index (κ1) is 19.6. The zero-order valence-corrected chi connectivity index (χ0v) is 14.7. The zero-order chi connectivity index (χ0) is 18.4. The molecule has 2 rings (SSSR count). The Labute approximate surface area is 147 Å². The van der Waals surface area contributed by atoms with Gasteiger partial charge >= 0.3 is 0 Å². The maximum Gasteiger partial charge on any atom is 0.278 e. The third-order valence-corrected chi connectivity index (χ3v) is 5.00. The zero-order valence-electron chi connectivity index (χ0n) is 14.7. The van der Waals surface area contributed by atoms with E-state index in [2.05, 4.69) is 5.32 Å². The van der Waals surface area contributed by atoms with Crippen molar-refractivity contribution in [3.8, 4) is 0 Å². The van der Waals surface area contributed by atoms with Crippen molar-refractivity contribution >= 4 is 17.7 Å². The van der Waals surface area contributed by atoms with Crippen molar-refractivity contribution in [1.82, 2.24) is 15.7 Å². The van der Waals surface area contributed by atoms with Crippen molar-refractivity contribution in [1.29, 1.82) is 0 Å². The molecule has 0 bridgehead atoms. The molecule has 2 fully saturated rings. The van der Waals surface area contributed by atoms with Gasteiger partial charge in [0.2, 0.25) is 11.8 Å². The van der Waals surface area contributed by atoms with E-state index in [-0.39, 0.29) is 12.3 Å². The number of hydrogen-bond acceptors (Lipinski definition) is 4. The second-order valence-corrected chi connectivity index (χ2v) is 7.00. The van der Waals surface area contributed by atoms with Crippen LogP contribution < -0.4 is 10.8 Å². The van der Waals surface area contributed by atoms with Gasteiger partial charge in [0.25, 0.3) is 5.91 Å². The Morgan fingerprint density at radius 1 is 1.28 bits per heavy atom. The van der Waals surface area contributed by atoms with Crippen molar-refractivity contribution in [2.75, 3.05) is 13.1 Å². The van der Waals surface area contributed by atoms with Crippen LogP contribution >= 0.6 is 0 Å². The first-order valence-electron chi connectivity index (χ1n) is 9.15. The summed E-state index contributed by atoms with van der Waals surface area (Å²) in [6, 6.07) is -0.597. The smallest absolute Gasteiger partial charge is 0.278 e. The normalized spacial score (nSPS) is 22.4. The molecule has 2 aliphatic rings. The molecule has 3 N–H and O–H groups in total. The molecule has 1 heterocycles. The number of halogens is 1. The highest BCUT2D eigenvalue weighted by atomic mass is 19.1. The molecule has 0 aromatic heterocycles. The number of unbranched alkanes of at least 4 members (excludes halogenated alkanes) is 1. The van der Waals surface area contributed by atoms with E-state index >= 15 is 0 Å². The molecule has 7 nitrogen and oxygen atoms in total. The predicted octanol–water partition coefficient (Wildman–Crippen LogP) is 1.15. The minimum absolute atomic E-state index is 0.200. The van der Waals surface area contributed by atoms with Gasteiger partial charge in [-0.05, 0) is 38.0 Å². The predicted molar refractivity (Wildman–Crippen MR) is 88.3 cm³/mol. The summed E-state index contributed by atoms with van der Waals surface area (Å²) >= 11 is 0. The minimum atomic E-state index is -2.13. The number of hydrogen-bond donors (Lipinski definition) is 3. The lowest BCUT2D eigenvalue weighted by Crippen LogP contribution is -2.51. The minimum Gasteiger partial charge on any atom is -0.354 e. The topological polar surface area (TPSA) is 98.7 Å². The summed E-state index contributed by atoms with van der Waals surface area (Å²) in [4.78, 5) is 38.0. The van der Waals surface area contributed by atoms with E-state index in [1.165, 1.54) is 10.4 Å². The van der Waals surface area contributed by atoms with Crippen molar-refractivity contribution in [3.63, 3.8) is 0 Å². The van der Waals surface area contributed by atoms with E-state index in [9.17, 15) is 18.8 Å². The number of nitrogens with zero attached hydrogens (tertiary/aromatic N) is 1. The molecular weight excluding hydrogens is 329 g/mol. The number of amides is 3. The number of carbonyl (C=O) groups excluding carboxylic acids is 3. The molecule has 0 radical (unpaired) electrons. The van der Waals surface area contributed by atoms with Crippen LogP contribution in [0.5, 0.6) is 0 Å². The summed E-state index contributed by atoms with van der Waals surface area (Å²) < 4.78 is 14.4. The fourth-order valence-corrected chi connectivity index (χ4v) is 3.26. The Kier molecular flexibility index (Phi) is 7.16. The quantitative estimate of drug-likeness (QED) is 0.426. The molecule has 0 aromatic rings. The molecule has 25 heavy (non-hydrogen) atoms. The Balaban J connectivity index is 2.03. The SMILES string of the molecule is CCCCC(C(=O)N1CCCC1C(=O)NCC1CC1)C(F)C(=O)NO. The van der Waals surface area contributed by atoms with Gasteiger partial charge in [-0.15, -0.1) is 0 Å². The lowest BCUT2D eigenvalue weighted by molar-refractivity contribution is -0.149. The van der Waals surface area contributed by atoms with Crippen LogP contribution in [0.2, 0.25) is 0 Å². The number of rotatable bonds is 9. The van der Waals surface area contributed by atoms with E-state index in [0.717, 1.165) is 19.3 Å². The van der Waals surface area contributed by atoms with E-state index in [1.807, 2.05) is 6.92 Å². The van der Waals surface area contributed by atoms with Gasteiger partial charge < -0.3 is 10.2 Å². The molecular formula is C17H28FN3O4. The van der Waals surface area contributed by atoms with Gasteiger partial charge in [-0.3, -0.25) is 19.6 Å². The number of carbonyl (C=O) groups is 3. The fraction of sp³-hybridized carbons (Fsp3) is 0.824. The van der Waals surface area contributed by atoms with Crippen molar-refractivity contribution in [2.24, 2.45) is 11.8 Å². The molecule has 3 amide bonds. The first-order chi connectivity index (χ1) is 12.0. The number of nitrogens with one attached hydrogen (secondary N) is 2. The Hall–Kier alpha value is -1.70. The van der Waals surface area contributed by atoms with Crippen LogP contribution in [0.3, 0.4) is 0 Å². The summed E-state index contributed by atoms with van der Waals surface area (Å²) in [5, 5.41) is 11.5. The summed E-state index contributed by atoms with van der Waals surface area (Å²) in [5.74, 6) is -2.58. The van der Waals surface area contributed by atoms with Crippen molar-refractivity contribution in [3.05, 3.63) is 0 Å². The average molecular weight is 357 g/mol. The van der Waals surface area contributed by atoms with E-state index in [0.29, 0.717) is 38.3 Å². The molecule has 8 heteroatoms. The molecule has 0 spiro atoms. The molecule has 3 atom stereocenters. The van der Waals surface area contributed by atoms with Crippen LogP contribution in [-0.2, 0) is 14.4 Å². The highest BCUT2D eigenvalue weighted by Gasteiger charge is 2.41. The Morgan fingerprint density at radius 3 is 2.60 bits per heavy atom. The van der Waals surface area contributed by atoms with Crippen LogP contribution in [-0.4, -0.2) is 53.1 Å². The maximum absolute atomic E-state index is 14.4. The Morgan fingerprint density at radius 2 is 2.00 bits per heavy atom. The molecule has 1 saturated carbocycles. The number of likely N-dealkylation sites (tertiary alicyclic amines) is 1. The molecule has 1 saturated heterocycles. The van der Waals surface area contributed by atoms with Gasteiger partial charge in [0.15, 0.2) is 6.17 Å². The summed E-state index contributed by atoms with van der Waals surface area (Å²) in [7, 11) is 0. The monoisotopic (exact) mass is 357 g/mol. The average Bonchev–Trinajstić information content (AvgIpc) is 3.32. The first-order valence-corrected chi connectivity index (χ1v) is 9.15. The lowest BCUT2D eigenvalue weighted by Gasteiger charge is -2.29. The standard InChI is InChI=1S/C17H28FN3O4/c1-2-3-5-12(14(18)16(23)20-25)17(24)21-9-4-6-13(21)15(22)19-10-11-7-8-11/h11-14,25H,2-10H2,1H3,(H,19,22)(H,20,23). The lowest BCUT2D eigenvalue weighted by atomic mass is 9.94. The second kappa shape index (κ2) is 9.12. The highest BCUT2D eigenvalue weighted by molar-refractivity contribution is 5.92.